The van der Waals surface area contributed by atoms with Crippen LogP contribution < -0.4 is 16.4 Å². The van der Waals surface area contributed by atoms with Gasteiger partial charge in [0, 0.05) is 30.8 Å². The lowest BCUT2D eigenvalue weighted by molar-refractivity contribution is -0.116. The summed E-state index contributed by atoms with van der Waals surface area (Å²) in [6.07, 6.45) is 1.88. The molecule has 0 radical (unpaired) electrons. The van der Waals surface area contributed by atoms with Crippen molar-refractivity contribution in [2.45, 2.75) is 58.8 Å². The number of phenols is 1. The van der Waals surface area contributed by atoms with Gasteiger partial charge in [-0.3, -0.25) is 9.59 Å². The van der Waals surface area contributed by atoms with Gasteiger partial charge in [-0.15, -0.1) is 0 Å². The van der Waals surface area contributed by atoms with Gasteiger partial charge in [0.25, 0.3) is 5.91 Å². The molecule has 0 bridgehead atoms. The third kappa shape index (κ3) is 8.75. The minimum Gasteiger partial charge on any atom is -0.507 e. The second-order valence-electron chi connectivity index (χ2n) is 10.2. The van der Waals surface area contributed by atoms with Gasteiger partial charge >= 0.3 is 0 Å². The van der Waals surface area contributed by atoms with E-state index in [-0.39, 0.29) is 23.7 Å². The van der Waals surface area contributed by atoms with Crippen LogP contribution in [-0.4, -0.2) is 30.0 Å². The second-order valence-corrected chi connectivity index (χ2v) is 10.2. The van der Waals surface area contributed by atoms with Crippen LogP contribution in [0.4, 0.5) is 17.1 Å². The number of hydrogen-bond donors (Lipinski definition) is 4. The smallest absolute Gasteiger partial charge is 0.251 e. The number of aromatic hydroxyl groups is 1. The number of azo groups is 1. The van der Waals surface area contributed by atoms with Gasteiger partial charge in [-0.2, -0.15) is 10.2 Å². The minimum atomic E-state index is -0.178. The Labute approximate surface area is 230 Å². The number of amides is 2. The van der Waals surface area contributed by atoms with Crippen LogP contribution in [0, 0.1) is 0 Å². The van der Waals surface area contributed by atoms with Crippen LogP contribution >= 0.6 is 0 Å². The molecule has 0 saturated heterocycles. The van der Waals surface area contributed by atoms with Crippen molar-refractivity contribution in [3.8, 4) is 5.75 Å². The Balaban J connectivity index is 1.50. The molecule has 0 aliphatic heterocycles. The van der Waals surface area contributed by atoms with Crippen molar-refractivity contribution in [1.29, 1.82) is 0 Å². The summed E-state index contributed by atoms with van der Waals surface area (Å²) in [5, 5.41) is 24.7. The Bertz CT molecular complexity index is 1250. The highest BCUT2D eigenvalue weighted by Crippen LogP contribution is 2.35. The molecule has 206 valence electrons. The SMILES string of the molecule is CC(C)c1cc(CCCC(=O)Nc2ccc(N=Nc3ccc(C(=O)NCCN)cc3)cc2)cc(C(C)C)c1O. The molecule has 0 heterocycles. The van der Waals surface area contributed by atoms with Crippen molar-refractivity contribution in [3.63, 3.8) is 0 Å². The maximum Gasteiger partial charge on any atom is 0.251 e. The van der Waals surface area contributed by atoms with Crippen molar-refractivity contribution in [2.24, 2.45) is 16.0 Å². The number of nitrogens with one attached hydrogen (secondary N) is 2. The zero-order chi connectivity index (χ0) is 28.4. The summed E-state index contributed by atoms with van der Waals surface area (Å²) in [7, 11) is 0. The maximum absolute atomic E-state index is 12.5. The number of nitrogens with zero attached hydrogens (tertiary/aromatic N) is 2. The van der Waals surface area contributed by atoms with E-state index in [4.69, 9.17) is 5.73 Å². The van der Waals surface area contributed by atoms with Gasteiger partial charge in [0.1, 0.15) is 5.75 Å². The molecule has 0 aromatic heterocycles. The maximum atomic E-state index is 12.5. The van der Waals surface area contributed by atoms with E-state index in [9.17, 15) is 14.7 Å². The van der Waals surface area contributed by atoms with Crippen LogP contribution in [0.5, 0.6) is 5.75 Å². The first-order valence-corrected chi connectivity index (χ1v) is 13.4. The lowest BCUT2D eigenvalue weighted by atomic mass is 9.90. The monoisotopic (exact) mass is 529 g/mol. The molecule has 2 amide bonds. The number of carbonyl (C=O) groups excluding carboxylic acids is 2. The number of carbonyl (C=O) groups is 2. The molecule has 0 saturated carbocycles. The zero-order valence-electron chi connectivity index (χ0n) is 23.2. The molecule has 8 heteroatoms. The Morgan fingerprint density at radius 1 is 0.872 bits per heavy atom. The van der Waals surface area contributed by atoms with Gasteiger partial charge in [0.05, 0.1) is 11.4 Å². The van der Waals surface area contributed by atoms with Gasteiger partial charge in [-0.25, -0.2) is 0 Å². The molecule has 3 aromatic carbocycles. The molecule has 3 rings (SSSR count). The van der Waals surface area contributed by atoms with E-state index < -0.39 is 0 Å². The fourth-order valence-corrected chi connectivity index (χ4v) is 4.14. The van der Waals surface area contributed by atoms with Crippen molar-refractivity contribution in [2.75, 3.05) is 18.4 Å². The van der Waals surface area contributed by atoms with Crippen LogP contribution in [0.15, 0.2) is 70.9 Å². The number of hydrogen-bond acceptors (Lipinski definition) is 6. The number of aryl methyl sites for hydroxylation is 1. The number of phenolic OH excluding ortho intramolecular Hbond substituents is 1. The normalized spacial score (nSPS) is 11.4. The fraction of sp³-hybridized carbons (Fsp3) is 0.355. The van der Waals surface area contributed by atoms with E-state index in [1.165, 1.54) is 0 Å². The first kappa shape index (κ1) is 29.5. The lowest BCUT2D eigenvalue weighted by Crippen LogP contribution is -2.28. The van der Waals surface area contributed by atoms with Crippen LogP contribution in [0.1, 0.15) is 79.4 Å². The largest absolute Gasteiger partial charge is 0.507 e. The van der Waals surface area contributed by atoms with Crippen LogP contribution in [0.3, 0.4) is 0 Å². The van der Waals surface area contributed by atoms with Crippen LogP contribution in [0.2, 0.25) is 0 Å². The highest BCUT2D eigenvalue weighted by atomic mass is 16.3. The van der Waals surface area contributed by atoms with Gasteiger partial charge in [0.2, 0.25) is 5.91 Å². The summed E-state index contributed by atoms with van der Waals surface area (Å²) in [5.41, 5.74) is 11.0. The third-order valence-corrected chi connectivity index (χ3v) is 6.33. The molecule has 0 unspecified atom stereocenters. The molecule has 0 spiro atoms. The Morgan fingerprint density at radius 3 is 1.92 bits per heavy atom. The summed E-state index contributed by atoms with van der Waals surface area (Å²) >= 11 is 0. The summed E-state index contributed by atoms with van der Waals surface area (Å²) in [5.74, 6) is 0.627. The third-order valence-electron chi connectivity index (χ3n) is 6.33. The van der Waals surface area contributed by atoms with Gasteiger partial charge in [0.15, 0.2) is 0 Å². The van der Waals surface area contributed by atoms with Crippen molar-refractivity contribution < 1.29 is 14.7 Å². The first-order valence-electron chi connectivity index (χ1n) is 13.4. The van der Waals surface area contributed by atoms with Crippen molar-refractivity contribution >= 4 is 28.9 Å². The molecule has 5 N–H and O–H groups in total. The summed E-state index contributed by atoms with van der Waals surface area (Å²) in [6, 6.07) is 18.1. The van der Waals surface area contributed by atoms with Gasteiger partial charge in [-0.05, 0) is 89.9 Å². The highest BCUT2D eigenvalue weighted by Gasteiger charge is 2.15. The fourth-order valence-electron chi connectivity index (χ4n) is 4.14. The number of rotatable bonds is 12. The molecule has 0 aliphatic rings. The minimum absolute atomic E-state index is 0.0492. The highest BCUT2D eigenvalue weighted by molar-refractivity contribution is 5.94. The van der Waals surface area contributed by atoms with E-state index in [0.29, 0.717) is 54.3 Å². The quantitative estimate of drug-likeness (QED) is 0.194. The molecular formula is C31H39N5O3. The topological polar surface area (TPSA) is 129 Å². The second kappa shape index (κ2) is 14.2. The Kier molecular flexibility index (Phi) is 10.8. The van der Waals surface area contributed by atoms with E-state index in [1.807, 2.05) is 0 Å². The van der Waals surface area contributed by atoms with Gasteiger partial charge < -0.3 is 21.5 Å². The van der Waals surface area contributed by atoms with Crippen LogP contribution in [-0.2, 0) is 11.2 Å². The summed E-state index contributed by atoms with van der Waals surface area (Å²) in [6.45, 7) is 9.12. The van der Waals surface area contributed by atoms with E-state index in [1.54, 1.807) is 48.5 Å². The average molecular weight is 530 g/mol. The van der Waals surface area contributed by atoms with Gasteiger partial charge in [-0.1, -0.05) is 39.8 Å². The Morgan fingerprint density at radius 2 is 1.41 bits per heavy atom. The number of anilines is 1. The molecule has 0 fully saturated rings. The number of benzene rings is 3. The predicted octanol–water partition coefficient (Wildman–Crippen LogP) is 6.70. The Hall–Kier alpha value is -4.04. The van der Waals surface area contributed by atoms with Crippen molar-refractivity contribution in [3.05, 3.63) is 82.9 Å². The molecule has 0 aliphatic carbocycles. The lowest BCUT2D eigenvalue weighted by Gasteiger charge is -2.17. The summed E-state index contributed by atoms with van der Waals surface area (Å²) in [4.78, 5) is 24.5. The molecule has 39 heavy (non-hydrogen) atoms. The molecule has 3 aromatic rings. The average Bonchev–Trinajstić information content (AvgIpc) is 2.92. The first-order chi connectivity index (χ1) is 18.7. The summed E-state index contributed by atoms with van der Waals surface area (Å²) < 4.78 is 0. The number of nitrogens with two attached hydrogens (primary N) is 1. The van der Waals surface area contributed by atoms with E-state index >= 15 is 0 Å². The van der Waals surface area contributed by atoms with E-state index in [0.717, 1.165) is 23.1 Å². The molecule has 8 nitrogen and oxygen atoms in total. The molecule has 0 atom stereocenters. The molecular weight excluding hydrogens is 490 g/mol. The standard InChI is InChI=1S/C31H39N5O3/c1-20(2)27-18-22(19-28(21(3)4)30(27)38)6-5-7-29(37)34-24-12-14-26(15-13-24)36-35-25-10-8-23(9-11-25)31(39)33-17-16-32/h8-15,18-21,38H,5-7,16-17,32H2,1-4H3,(H,33,39)(H,34,37). The van der Waals surface area contributed by atoms with Crippen molar-refractivity contribution in [1.82, 2.24) is 5.32 Å². The van der Waals surface area contributed by atoms with Crippen LogP contribution in [0.25, 0.3) is 0 Å². The zero-order valence-corrected chi connectivity index (χ0v) is 23.2. The predicted molar refractivity (Wildman–Crippen MR) is 156 cm³/mol. The van der Waals surface area contributed by atoms with E-state index in [2.05, 4.69) is 60.7 Å².